The fourth-order valence-electron chi connectivity index (χ4n) is 3.87. The lowest BCUT2D eigenvalue weighted by Gasteiger charge is -2.35. The Balaban J connectivity index is 1.96. The zero-order valence-electron chi connectivity index (χ0n) is 14.6. The molecular weight excluding hydrogens is 414 g/mol. The third-order valence-electron chi connectivity index (χ3n) is 5.70. The zero-order chi connectivity index (χ0) is 20.9. The predicted molar refractivity (Wildman–Crippen MR) is 85.8 cm³/mol. The zero-order valence-corrected chi connectivity index (χ0v) is 16.2. The van der Waals surface area contributed by atoms with Crippen LogP contribution in [0.2, 0.25) is 0 Å². The topological polar surface area (TPSA) is 141 Å². The van der Waals surface area contributed by atoms with Crippen LogP contribution in [-0.4, -0.2) is 57.4 Å². The number of rotatable bonds is 8. The second kappa shape index (κ2) is 6.71. The molecule has 0 saturated heterocycles. The number of ketones is 1. The summed E-state index contributed by atoms with van der Waals surface area (Å²) < 4.78 is 87.8. The number of ether oxygens (including phenoxy) is 1. The van der Waals surface area contributed by atoms with E-state index in [9.17, 15) is 35.2 Å². The molecule has 0 amide bonds. The minimum atomic E-state index is -5.79. The van der Waals surface area contributed by atoms with Gasteiger partial charge in [-0.15, -0.1) is 0 Å². The van der Waals surface area contributed by atoms with E-state index in [2.05, 4.69) is 8.92 Å². The summed E-state index contributed by atoms with van der Waals surface area (Å²) in [6, 6.07) is 0. The summed E-state index contributed by atoms with van der Waals surface area (Å²) in [7, 11) is -10.2. The smallest absolute Gasteiger partial charge is 0.402 e. The van der Waals surface area contributed by atoms with Gasteiger partial charge < -0.3 is 4.74 Å². The predicted octanol–water partition coefficient (Wildman–Crippen LogP) is 0.752. The first-order valence-electron chi connectivity index (χ1n) is 7.95. The summed E-state index contributed by atoms with van der Waals surface area (Å²) in [5.41, 5.74) is -1.68. The lowest BCUT2D eigenvalue weighted by atomic mass is 9.70. The summed E-state index contributed by atoms with van der Waals surface area (Å²) in [5, 5.41) is -4.74. The first-order chi connectivity index (χ1) is 12.0. The Morgan fingerprint density at radius 1 is 1.30 bits per heavy atom. The van der Waals surface area contributed by atoms with Crippen LogP contribution in [-0.2, 0) is 38.7 Å². The molecule has 0 aromatic rings. The Kier molecular flexibility index (Phi) is 5.49. The van der Waals surface area contributed by atoms with Crippen molar-refractivity contribution in [2.75, 3.05) is 19.0 Å². The summed E-state index contributed by atoms with van der Waals surface area (Å²) in [5.74, 6) is -2.34. The van der Waals surface area contributed by atoms with Gasteiger partial charge in [0.15, 0.2) is 13.2 Å². The molecule has 27 heavy (non-hydrogen) atoms. The molecule has 1 N–H and O–H groups in total. The van der Waals surface area contributed by atoms with Gasteiger partial charge in [0.2, 0.25) is 0 Å². The van der Waals surface area contributed by atoms with Crippen molar-refractivity contribution in [1.29, 1.82) is 0 Å². The van der Waals surface area contributed by atoms with E-state index in [4.69, 9.17) is 4.55 Å². The normalized spacial score (nSPS) is 27.7. The van der Waals surface area contributed by atoms with Gasteiger partial charge in [-0.25, -0.2) is 4.79 Å². The number of carbonyl (C=O) groups excluding carboxylic acids is 2. The maximum Gasteiger partial charge on any atom is 0.402 e. The summed E-state index contributed by atoms with van der Waals surface area (Å²) in [4.78, 5) is 23.7. The second-order valence-electron chi connectivity index (χ2n) is 7.40. The van der Waals surface area contributed by atoms with Gasteiger partial charge >= 0.3 is 21.3 Å². The number of hydrogen-bond donors (Lipinski definition) is 1. The van der Waals surface area contributed by atoms with Gasteiger partial charge in [-0.05, 0) is 24.2 Å². The van der Waals surface area contributed by atoms with Gasteiger partial charge in [0, 0.05) is 6.42 Å². The van der Waals surface area contributed by atoms with Gasteiger partial charge in [0.1, 0.15) is 5.78 Å². The average molecular weight is 434 g/mol. The Hall–Kier alpha value is -1.18. The van der Waals surface area contributed by atoms with Crippen LogP contribution in [0.5, 0.6) is 0 Å². The molecule has 156 valence electrons. The van der Waals surface area contributed by atoms with Crippen molar-refractivity contribution in [2.45, 2.75) is 38.4 Å². The Morgan fingerprint density at radius 3 is 2.33 bits per heavy atom. The molecule has 2 aliphatic carbocycles. The van der Waals surface area contributed by atoms with Gasteiger partial charge in [-0.1, -0.05) is 13.8 Å². The highest BCUT2D eigenvalue weighted by atomic mass is 32.2. The first kappa shape index (κ1) is 22.1. The lowest BCUT2D eigenvalue weighted by molar-refractivity contribution is -0.151. The summed E-state index contributed by atoms with van der Waals surface area (Å²) in [6.07, 6.45) is 1.34. The summed E-state index contributed by atoms with van der Waals surface area (Å²) in [6.45, 7) is 0.344. The second-order valence-corrected chi connectivity index (χ2v) is 10.6. The van der Waals surface area contributed by atoms with Crippen molar-refractivity contribution < 1.29 is 48.7 Å². The van der Waals surface area contributed by atoms with Crippen molar-refractivity contribution in [2.24, 2.45) is 16.7 Å². The van der Waals surface area contributed by atoms with Crippen LogP contribution in [0, 0.1) is 16.7 Å². The molecule has 0 aromatic heterocycles. The molecule has 2 saturated carbocycles. The van der Waals surface area contributed by atoms with E-state index in [1.165, 1.54) is 0 Å². The number of Topliss-reactive ketones (excluding diaryl/α,β-unsaturated/α-hetero) is 1. The molecule has 0 aliphatic heterocycles. The maximum atomic E-state index is 13.0. The van der Waals surface area contributed by atoms with Crippen molar-refractivity contribution >= 4 is 32.0 Å². The molecule has 0 radical (unpaired) electrons. The van der Waals surface area contributed by atoms with Crippen LogP contribution in [0.25, 0.3) is 0 Å². The van der Waals surface area contributed by atoms with Crippen molar-refractivity contribution in [1.82, 2.24) is 0 Å². The standard InChI is InChI=1S/C14H20F2O9S2/c1-12(2)9-3-4-13(12,10(17)5-9)8-26(19,20)25-6-11(18)24-7-14(15,16)27(21,22)23/h9H,3-8H2,1-2H3,(H,21,22,23). The van der Waals surface area contributed by atoms with Crippen LogP contribution in [0.15, 0.2) is 0 Å². The van der Waals surface area contributed by atoms with Gasteiger partial charge in [-0.2, -0.15) is 25.6 Å². The van der Waals surface area contributed by atoms with E-state index >= 15 is 0 Å². The minimum Gasteiger partial charge on any atom is -0.456 e. The third kappa shape index (κ3) is 4.00. The van der Waals surface area contributed by atoms with E-state index in [0.717, 1.165) is 0 Å². The SMILES string of the molecule is CC1(C)C2CCC1(CS(=O)(=O)OCC(=O)OCC(F)(F)S(=O)(=O)O)C(=O)C2. The fraction of sp³-hybridized carbons (Fsp3) is 0.857. The van der Waals surface area contributed by atoms with E-state index < -0.39 is 61.3 Å². The van der Waals surface area contributed by atoms with Gasteiger partial charge in [0.05, 0.1) is 11.2 Å². The van der Waals surface area contributed by atoms with Crippen LogP contribution < -0.4 is 0 Å². The van der Waals surface area contributed by atoms with Crippen molar-refractivity contribution in [3.63, 3.8) is 0 Å². The number of fused-ring (bicyclic) bond motifs is 2. The number of alkyl halides is 2. The van der Waals surface area contributed by atoms with Crippen LogP contribution in [0.1, 0.15) is 33.1 Å². The number of halogens is 2. The number of esters is 1. The van der Waals surface area contributed by atoms with E-state index in [1.807, 2.05) is 0 Å². The number of carbonyl (C=O) groups is 2. The molecule has 2 fully saturated rings. The molecule has 0 aromatic carbocycles. The van der Waals surface area contributed by atoms with Crippen LogP contribution in [0.4, 0.5) is 8.78 Å². The van der Waals surface area contributed by atoms with E-state index in [1.54, 1.807) is 13.8 Å². The highest BCUT2D eigenvalue weighted by Crippen LogP contribution is 2.64. The molecule has 2 atom stereocenters. The first-order valence-corrected chi connectivity index (χ1v) is 11.0. The molecule has 2 aliphatic rings. The van der Waals surface area contributed by atoms with Crippen molar-refractivity contribution in [3.05, 3.63) is 0 Å². The fourth-order valence-corrected chi connectivity index (χ4v) is 5.72. The Morgan fingerprint density at radius 2 is 1.89 bits per heavy atom. The molecule has 2 unspecified atom stereocenters. The third-order valence-corrected chi connectivity index (χ3v) is 7.89. The molecule has 2 bridgehead atoms. The van der Waals surface area contributed by atoms with Gasteiger partial charge in [0.25, 0.3) is 10.1 Å². The maximum absolute atomic E-state index is 13.0. The molecule has 0 heterocycles. The van der Waals surface area contributed by atoms with E-state index in [0.29, 0.717) is 12.8 Å². The Bertz CT molecular complexity index is 848. The van der Waals surface area contributed by atoms with Crippen molar-refractivity contribution in [3.8, 4) is 0 Å². The van der Waals surface area contributed by atoms with E-state index in [-0.39, 0.29) is 18.1 Å². The number of hydrogen-bond acceptors (Lipinski definition) is 8. The average Bonchev–Trinajstić information content (AvgIpc) is 2.83. The molecule has 2 rings (SSSR count). The minimum absolute atomic E-state index is 0.0628. The lowest BCUT2D eigenvalue weighted by Crippen LogP contribution is -2.43. The summed E-state index contributed by atoms with van der Waals surface area (Å²) >= 11 is 0. The monoisotopic (exact) mass is 434 g/mol. The highest BCUT2D eigenvalue weighted by molar-refractivity contribution is 7.87. The molecular formula is C14H20F2O9S2. The Labute approximate surface area is 155 Å². The van der Waals surface area contributed by atoms with Crippen LogP contribution >= 0.6 is 0 Å². The van der Waals surface area contributed by atoms with Crippen LogP contribution in [0.3, 0.4) is 0 Å². The largest absolute Gasteiger partial charge is 0.456 e. The molecule has 13 heteroatoms. The quantitative estimate of drug-likeness (QED) is 0.333. The van der Waals surface area contributed by atoms with Gasteiger partial charge in [-0.3, -0.25) is 13.5 Å². The molecule has 9 nitrogen and oxygen atoms in total. The molecule has 0 spiro atoms. The highest BCUT2D eigenvalue weighted by Gasteiger charge is 2.65.